The number of unbranched alkanes of at least 4 members (excludes halogenated alkanes) is 16. The molecule has 0 aromatic rings. The van der Waals surface area contributed by atoms with Gasteiger partial charge >= 0.3 is 11.9 Å². The summed E-state index contributed by atoms with van der Waals surface area (Å²) in [4.78, 5) is 23.5. The molecule has 37 heavy (non-hydrogen) atoms. The van der Waals surface area contributed by atoms with Gasteiger partial charge in [0.05, 0.1) is 13.2 Å². The third-order valence-electron chi connectivity index (χ3n) is 7.14. The number of carbonyl (C=O) groups is 2. The van der Waals surface area contributed by atoms with Crippen molar-refractivity contribution in [1.82, 2.24) is 0 Å². The highest BCUT2D eigenvalue weighted by molar-refractivity contribution is 5.69. The fourth-order valence-electron chi connectivity index (χ4n) is 4.66. The van der Waals surface area contributed by atoms with Gasteiger partial charge in [-0.25, -0.2) is 0 Å². The number of ether oxygens (including phenoxy) is 2. The molecule has 4 nitrogen and oxygen atoms in total. The molecule has 0 atom stereocenters. The van der Waals surface area contributed by atoms with Crippen LogP contribution in [0, 0.1) is 11.8 Å². The quantitative estimate of drug-likeness (QED) is 0.0754. The summed E-state index contributed by atoms with van der Waals surface area (Å²) in [6, 6.07) is 0. The van der Waals surface area contributed by atoms with Crippen LogP contribution in [0.3, 0.4) is 0 Å². The predicted octanol–water partition coefficient (Wildman–Crippen LogP) is 10.4. The molecule has 0 radical (unpaired) electrons. The number of esters is 2. The van der Waals surface area contributed by atoms with Gasteiger partial charge < -0.3 is 9.47 Å². The van der Waals surface area contributed by atoms with E-state index in [9.17, 15) is 9.59 Å². The van der Waals surface area contributed by atoms with Crippen molar-refractivity contribution in [3.05, 3.63) is 0 Å². The minimum atomic E-state index is -0.00694. The second-order valence-corrected chi connectivity index (χ2v) is 12.0. The zero-order chi connectivity index (χ0) is 27.4. The van der Waals surface area contributed by atoms with Gasteiger partial charge in [-0.05, 0) is 50.4 Å². The lowest BCUT2D eigenvalue weighted by Gasteiger charge is -2.06. The third kappa shape index (κ3) is 31.1. The van der Waals surface area contributed by atoms with Crippen molar-refractivity contribution >= 4 is 11.9 Å². The molecule has 0 spiro atoms. The molecule has 0 aliphatic carbocycles. The second-order valence-electron chi connectivity index (χ2n) is 12.0. The summed E-state index contributed by atoms with van der Waals surface area (Å²) in [5.74, 6) is 1.46. The van der Waals surface area contributed by atoms with Gasteiger partial charge in [0.25, 0.3) is 0 Å². The Bertz CT molecular complexity index is 457. The minimum Gasteiger partial charge on any atom is -0.466 e. The summed E-state index contributed by atoms with van der Waals surface area (Å²) >= 11 is 0. The SMILES string of the molecule is CC(C)CCCCOC(=O)CCCCCCCCCCCCCCCCCC(=O)OCCCCC(C)C. The van der Waals surface area contributed by atoms with E-state index in [0.717, 1.165) is 63.2 Å². The van der Waals surface area contributed by atoms with E-state index in [4.69, 9.17) is 9.47 Å². The highest BCUT2D eigenvalue weighted by Gasteiger charge is 2.04. The van der Waals surface area contributed by atoms with Crippen LogP contribution in [0.15, 0.2) is 0 Å². The molecule has 0 aromatic carbocycles. The van der Waals surface area contributed by atoms with Crippen molar-refractivity contribution in [2.45, 2.75) is 175 Å². The van der Waals surface area contributed by atoms with Crippen LogP contribution in [0.2, 0.25) is 0 Å². The highest BCUT2D eigenvalue weighted by Crippen LogP contribution is 2.15. The smallest absolute Gasteiger partial charge is 0.305 e. The lowest BCUT2D eigenvalue weighted by Crippen LogP contribution is -2.05. The highest BCUT2D eigenvalue weighted by atomic mass is 16.5. The predicted molar refractivity (Wildman–Crippen MR) is 158 cm³/mol. The Morgan fingerprint density at radius 1 is 0.405 bits per heavy atom. The number of carbonyl (C=O) groups excluding carboxylic acids is 2. The van der Waals surface area contributed by atoms with Crippen LogP contribution >= 0.6 is 0 Å². The number of hydrogen-bond donors (Lipinski definition) is 0. The van der Waals surface area contributed by atoms with E-state index in [1.807, 2.05) is 0 Å². The largest absolute Gasteiger partial charge is 0.466 e. The fourth-order valence-corrected chi connectivity index (χ4v) is 4.66. The Morgan fingerprint density at radius 2 is 0.676 bits per heavy atom. The van der Waals surface area contributed by atoms with Crippen LogP contribution in [-0.4, -0.2) is 25.2 Å². The summed E-state index contributed by atoms with van der Waals surface area (Å²) in [5.41, 5.74) is 0. The van der Waals surface area contributed by atoms with Crippen molar-refractivity contribution in [2.24, 2.45) is 11.8 Å². The van der Waals surface area contributed by atoms with Crippen molar-refractivity contribution in [1.29, 1.82) is 0 Å². The molecule has 4 heteroatoms. The van der Waals surface area contributed by atoms with Crippen molar-refractivity contribution < 1.29 is 19.1 Å². The molecule has 0 N–H and O–H groups in total. The molecular formula is C33H64O4. The molecular weight excluding hydrogens is 460 g/mol. The topological polar surface area (TPSA) is 52.6 Å². The minimum absolute atomic E-state index is 0.00694. The standard InChI is InChI=1S/C33H64O4/c1-30(2)24-20-22-28-36-32(34)26-18-16-14-12-10-8-6-5-7-9-11-13-15-17-19-27-33(35)37-29-23-21-25-31(3)4/h30-31H,5-29H2,1-4H3. The molecule has 0 aliphatic heterocycles. The van der Waals surface area contributed by atoms with Gasteiger partial charge in [-0.15, -0.1) is 0 Å². The maximum Gasteiger partial charge on any atom is 0.305 e. The van der Waals surface area contributed by atoms with E-state index in [0.29, 0.717) is 26.1 Å². The Labute approximate surface area is 231 Å². The van der Waals surface area contributed by atoms with E-state index in [2.05, 4.69) is 27.7 Å². The van der Waals surface area contributed by atoms with Crippen LogP contribution < -0.4 is 0 Å². The van der Waals surface area contributed by atoms with Crippen molar-refractivity contribution in [3.63, 3.8) is 0 Å². The first kappa shape index (κ1) is 35.9. The summed E-state index contributed by atoms with van der Waals surface area (Å²) in [7, 11) is 0. The zero-order valence-corrected chi connectivity index (χ0v) is 25.5. The van der Waals surface area contributed by atoms with E-state index >= 15 is 0 Å². The molecule has 0 amide bonds. The van der Waals surface area contributed by atoms with Crippen LogP contribution in [-0.2, 0) is 19.1 Å². The summed E-state index contributed by atoms with van der Waals surface area (Å²) in [6.07, 6.45) is 26.8. The molecule has 0 rings (SSSR count). The molecule has 0 saturated carbocycles. The Hall–Kier alpha value is -1.06. The first-order chi connectivity index (χ1) is 17.9. The average Bonchev–Trinajstić information content (AvgIpc) is 2.85. The molecule has 220 valence electrons. The van der Waals surface area contributed by atoms with Gasteiger partial charge in [0, 0.05) is 12.8 Å². The van der Waals surface area contributed by atoms with Crippen LogP contribution in [0.1, 0.15) is 175 Å². The second kappa shape index (κ2) is 28.0. The molecule has 0 bridgehead atoms. The number of hydrogen-bond acceptors (Lipinski definition) is 4. The molecule has 0 aliphatic rings. The zero-order valence-electron chi connectivity index (χ0n) is 25.5. The van der Waals surface area contributed by atoms with Gasteiger partial charge in [-0.3, -0.25) is 9.59 Å². The van der Waals surface area contributed by atoms with Crippen LogP contribution in [0.25, 0.3) is 0 Å². The molecule has 0 unspecified atom stereocenters. The Balaban J connectivity index is 3.20. The lowest BCUT2D eigenvalue weighted by atomic mass is 10.0. The average molecular weight is 525 g/mol. The van der Waals surface area contributed by atoms with Crippen molar-refractivity contribution in [2.75, 3.05) is 13.2 Å². The molecule has 0 aromatic heterocycles. The van der Waals surface area contributed by atoms with Gasteiger partial charge in [-0.2, -0.15) is 0 Å². The lowest BCUT2D eigenvalue weighted by molar-refractivity contribution is -0.144. The Kier molecular flexibility index (Phi) is 27.2. The fraction of sp³-hybridized carbons (Fsp3) is 0.939. The Morgan fingerprint density at radius 3 is 0.946 bits per heavy atom. The van der Waals surface area contributed by atoms with Crippen LogP contribution in [0.5, 0.6) is 0 Å². The van der Waals surface area contributed by atoms with E-state index < -0.39 is 0 Å². The van der Waals surface area contributed by atoms with E-state index in [-0.39, 0.29) is 11.9 Å². The first-order valence-corrected chi connectivity index (χ1v) is 16.2. The van der Waals surface area contributed by atoms with Gasteiger partial charge in [-0.1, -0.05) is 124 Å². The van der Waals surface area contributed by atoms with E-state index in [1.54, 1.807) is 0 Å². The van der Waals surface area contributed by atoms with Gasteiger partial charge in [0.15, 0.2) is 0 Å². The van der Waals surface area contributed by atoms with Crippen LogP contribution in [0.4, 0.5) is 0 Å². The first-order valence-electron chi connectivity index (χ1n) is 16.2. The molecule has 0 fully saturated rings. The number of rotatable bonds is 28. The van der Waals surface area contributed by atoms with E-state index in [1.165, 1.54) is 83.5 Å². The van der Waals surface area contributed by atoms with Gasteiger partial charge in [0.1, 0.15) is 0 Å². The van der Waals surface area contributed by atoms with Gasteiger partial charge in [0.2, 0.25) is 0 Å². The summed E-state index contributed by atoms with van der Waals surface area (Å²) in [6.45, 7) is 10.1. The summed E-state index contributed by atoms with van der Waals surface area (Å²) in [5, 5.41) is 0. The molecule has 0 saturated heterocycles. The van der Waals surface area contributed by atoms with Crippen molar-refractivity contribution in [3.8, 4) is 0 Å². The summed E-state index contributed by atoms with van der Waals surface area (Å²) < 4.78 is 10.6. The molecule has 0 heterocycles. The monoisotopic (exact) mass is 524 g/mol. The maximum absolute atomic E-state index is 11.7. The maximum atomic E-state index is 11.7. The third-order valence-corrected chi connectivity index (χ3v) is 7.14. The normalized spacial score (nSPS) is 11.4.